The molecular weight excluding hydrogens is 548 g/mol. The number of rotatable bonds is 8. The highest BCUT2D eigenvalue weighted by atomic mass is 35.5. The highest BCUT2D eigenvalue weighted by Gasteiger charge is 2.28. The van der Waals surface area contributed by atoms with E-state index in [4.69, 9.17) is 62.7 Å². The van der Waals surface area contributed by atoms with Crippen molar-refractivity contribution in [2.24, 2.45) is 0 Å². The lowest BCUT2D eigenvalue weighted by molar-refractivity contribution is -0.136. The first-order valence-electron chi connectivity index (χ1n) is 10.3. The maximum atomic E-state index is 12.9. The molecule has 2 aromatic rings. The SMILES string of the molecule is O=C(CNC(=O)[C@H](Cc1ccccc1)NC(=O)[C@@H]1CCCN1)Oc1c(Cl)c(Cl)c(Cl)c(Cl)c1Cl. The average Bonchev–Trinajstić information content (AvgIpc) is 3.38. The van der Waals surface area contributed by atoms with Crippen molar-refractivity contribution < 1.29 is 19.1 Å². The van der Waals surface area contributed by atoms with Crippen molar-refractivity contribution in [2.45, 2.75) is 31.3 Å². The fraction of sp³-hybridized carbons (Fsp3) is 0.318. The summed E-state index contributed by atoms with van der Waals surface area (Å²) in [6, 6.07) is 7.92. The lowest BCUT2D eigenvalue weighted by Crippen LogP contribution is -2.53. The minimum Gasteiger partial charge on any atom is -0.422 e. The van der Waals surface area contributed by atoms with Gasteiger partial charge in [-0.15, -0.1) is 0 Å². The fourth-order valence-corrected chi connectivity index (χ4v) is 4.54. The van der Waals surface area contributed by atoms with Crippen LogP contribution in [0.25, 0.3) is 0 Å². The van der Waals surface area contributed by atoms with Crippen molar-refractivity contribution in [3.05, 3.63) is 61.0 Å². The molecule has 1 aliphatic rings. The monoisotopic (exact) mass is 565 g/mol. The van der Waals surface area contributed by atoms with Crippen LogP contribution in [0.15, 0.2) is 30.3 Å². The number of hydrogen-bond donors (Lipinski definition) is 3. The zero-order valence-electron chi connectivity index (χ0n) is 17.6. The van der Waals surface area contributed by atoms with Gasteiger partial charge in [0.05, 0.1) is 21.1 Å². The largest absolute Gasteiger partial charge is 0.422 e. The highest BCUT2D eigenvalue weighted by Crippen LogP contribution is 2.48. The smallest absolute Gasteiger partial charge is 0.330 e. The molecule has 3 N–H and O–H groups in total. The molecule has 182 valence electrons. The van der Waals surface area contributed by atoms with E-state index < -0.39 is 24.5 Å². The molecular formula is C22H20Cl5N3O4. The van der Waals surface area contributed by atoms with Crippen molar-refractivity contribution in [1.29, 1.82) is 0 Å². The van der Waals surface area contributed by atoms with Crippen molar-refractivity contribution >= 4 is 75.8 Å². The Kier molecular flexibility index (Phi) is 9.71. The number of carbonyl (C=O) groups excluding carboxylic acids is 3. The first-order chi connectivity index (χ1) is 16.2. The van der Waals surface area contributed by atoms with Gasteiger partial charge in [0, 0.05) is 6.42 Å². The van der Waals surface area contributed by atoms with Crippen LogP contribution in [0.3, 0.4) is 0 Å². The van der Waals surface area contributed by atoms with E-state index in [2.05, 4.69) is 16.0 Å². The van der Waals surface area contributed by atoms with Crippen LogP contribution in [0, 0.1) is 0 Å². The van der Waals surface area contributed by atoms with Gasteiger partial charge in [-0.05, 0) is 24.9 Å². The van der Waals surface area contributed by atoms with Crippen molar-refractivity contribution in [3.8, 4) is 5.75 Å². The van der Waals surface area contributed by atoms with Crippen LogP contribution < -0.4 is 20.7 Å². The Morgan fingerprint density at radius 3 is 2.18 bits per heavy atom. The Morgan fingerprint density at radius 1 is 0.971 bits per heavy atom. The van der Waals surface area contributed by atoms with Crippen LogP contribution in [0.4, 0.5) is 0 Å². The Labute approximate surface area is 221 Å². The van der Waals surface area contributed by atoms with Crippen molar-refractivity contribution in [3.63, 3.8) is 0 Å². The van der Waals surface area contributed by atoms with Gasteiger partial charge in [0.25, 0.3) is 0 Å². The summed E-state index contributed by atoms with van der Waals surface area (Å²) in [5.74, 6) is -1.99. The molecule has 2 amide bonds. The fourth-order valence-electron chi connectivity index (χ4n) is 3.35. The predicted octanol–water partition coefficient (Wildman–Crippen LogP) is 4.45. The standard InChI is InChI=1S/C22H20Cl5N3O4/c23-15-16(24)18(26)20(19(27)17(15)25)34-14(31)10-29-21(32)13(9-11-5-2-1-3-6-11)30-22(33)12-7-4-8-28-12/h1-3,5-6,12-13,28H,4,7-10H2,(H,29,32)(H,30,33)/t12-,13-/m0/s1. The summed E-state index contributed by atoms with van der Waals surface area (Å²) in [4.78, 5) is 37.8. The molecule has 0 saturated carbocycles. The number of carbonyl (C=O) groups is 3. The van der Waals surface area contributed by atoms with Crippen LogP contribution in [-0.2, 0) is 20.8 Å². The maximum absolute atomic E-state index is 12.9. The van der Waals surface area contributed by atoms with Crippen molar-refractivity contribution in [1.82, 2.24) is 16.0 Å². The Bertz CT molecular complexity index is 1050. The molecule has 7 nitrogen and oxygen atoms in total. The zero-order valence-corrected chi connectivity index (χ0v) is 21.4. The summed E-state index contributed by atoms with van der Waals surface area (Å²) in [5, 5.41) is 7.60. The van der Waals surface area contributed by atoms with E-state index in [-0.39, 0.29) is 49.2 Å². The number of hydrogen-bond acceptors (Lipinski definition) is 5. The Morgan fingerprint density at radius 2 is 1.59 bits per heavy atom. The molecule has 12 heteroatoms. The average molecular weight is 568 g/mol. The third kappa shape index (κ3) is 6.68. The van der Waals surface area contributed by atoms with E-state index in [9.17, 15) is 14.4 Å². The van der Waals surface area contributed by atoms with E-state index in [1.54, 1.807) is 0 Å². The normalized spacial score (nSPS) is 16.1. The number of amides is 2. The molecule has 0 radical (unpaired) electrons. The van der Waals surface area contributed by atoms with Crippen LogP contribution in [0.2, 0.25) is 25.1 Å². The molecule has 1 aliphatic heterocycles. The van der Waals surface area contributed by atoms with Gasteiger partial charge in [0.1, 0.15) is 22.6 Å². The number of ether oxygens (including phenoxy) is 1. The molecule has 0 aliphatic carbocycles. The summed E-state index contributed by atoms with van der Waals surface area (Å²) in [5.41, 5.74) is 0.842. The number of nitrogens with one attached hydrogen (secondary N) is 3. The Balaban J connectivity index is 1.66. The molecule has 0 spiro atoms. The molecule has 1 heterocycles. The zero-order chi connectivity index (χ0) is 24.8. The van der Waals surface area contributed by atoms with E-state index in [1.807, 2.05) is 30.3 Å². The molecule has 1 fully saturated rings. The second-order valence-electron chi connectivity index (χ2n) is 7.49. The summed E-state index contributed by atoms with van der Waals surface area (Å²) in [6.45, 7) is 0.218. The van der Waals surface area contributed by atoms with Crippen molar-refractivity contribution in [2.75, 3.05) is 13.1 Å². The minimum atomic E-state index is -0.906. The molecule has 1 saturated heterocycles. The molecule has 2 aromatic carbocycles. The van der Waals surface area contributed by atoms with Gasteiger partial charge >= 0.3 is 5.97 Å². The van der Waals surface area contributed by atoms with Gasteiger partial charge in [-0.25, -0.2) is 4.79 Å². The summed E-state index contributed by atoms with van der Waals surface area (Å²) >= 11 is 30.0. The maximum Gasteiger partial charge on any atom is 0.330 e. The molecule has 0 unspecified atom stereocenters. The number of esters is 1. The third-order valence-corrected chi connectivity index (χ3v) is 7.33. The van der Waals surface area contributed by atoms with E-state index in [0.717, 1.165) is 18.5 Å². The Hall–Kier alpha value is -1.74. The molecule has 0 bridgehead atoms. The lowest BCUT2D eigenvalue weighted by atomic mass is 10.0. The lowest BCUT2D eigenvalue weighted by Gasteiger charge is -2.21. The van der Waals surface area contributed by atoms with Crippen LogP contribution in [0.5, 0.6) is 5.75 Å². The second-order valence-corrected chi connectivity index (χ2v) is 9.38. The number of benzene rings is 2. The van der Waals surface area contributed by atoms with Crippen LogP contribution in [0.1, 0.15) is 18.4 Å². The summed E-state index contributed by atoms with van der Waals surface area (Å²) < 4.78 is 5.16. The van der Waals surface area contributed by atoms with Gasteiger partial charge in [0.15, 0.2) is 5.75 Å². The predicted molar refractivity (Wildman–Crippen MR) is 133 cm³/mol. The van der Waals surface area contributed by atoms with Gasteiger partial charge in [-0.2, -0.15) is 0 Å². The van der Waals surface area contributed by atoms with E-state index in [0.29, 0.717) is 6.42 Å². The van der Waals surface area contributed by atoms with Gasteiger partial charge in [-0.1, -0.05) is 88.3 Å². The van der Waals surface area contributed by atoms with E-state index in [1.165, 1.54) is 0 Å². The van der Waals surface area contributed by atoms with Crippen LogP contribution >= 0.6 is 58.0 Å². The molecule has 0 aromatic heterocycles. The van der Waals surface area contributed by atoms with Gasteiger partial charge in [-0.3, -0.25) is 9.59 Å². The quantitative estimate of drug-likeness (QED) is 0.190. The third-order valence-electron chi connectivity index (χ3n) is 5.08. The highest BCUT2D eigenvalue weighted by molar-refractivity contribution is 6.55. The van der Waals surface area contributed by atoms with Gasteiger partial charge in [0.2, 0.25) is 11.8 Å². The molecule has 3 rings (SSSR count). The van der Waals surface area contributed by atoms with Gasteiger partial charge < -0.3 is 20.7 Å². The van der Waals surface area contributed by atoms with E-state index >= 15 is 0 Å². The molecule has 2 atom stereocenters. The summed E-state index contributed by atoms with van der Waals surface area (Å²) in [7, 11) is 0. The second kappa shape index (κ2) is 12.3. The summed E-state index contributed by atoms with van der Waals surface area (Å²) in [6.07, 6.45) is 1.80. The minimum absolute atomic E-state index is 0.0808. The first-order valence-corrected chi connectivity index (χ1v) is 12.2. The topological polar surface area (TPSA) is 96.5 Å². The van der Waals surface area contributed by atoms with Crippen LogP contribution in [-0.4, -0.2) is 43.0 Å². The molecule has 34 heavy (non-hydrogen) atoms. The first kappa shape index (κ1) is 26.9. The number of halogens is 5.